The molecule has 8 heteroatoms. The Labute approximate surface area is 215 Å². The van der Waals surface area contributed by atoms with Gasteiger partial charge in [-0.3, -0.25) is 9.69 Å². The van der Waals surface area contributed by atoms with Crippen LogP contribution in [-0.2, 0) is 9.53 Å². The Hall–Kier alpha value is -1.05. The number of likely N-dealkylation sites (tertiary alicyclic amines) is 1. The number of hydrogen-bond acceptors (Lipinski definition) is 5. The molecule has 0 N–H and O–H groups in total. The van der Waals surface area contributed by atoms with Crippen LogP contribution in [0.25, 0.3) is 0 Å². The number of anilines is 2. The van der Waals surface area contributed by atoms with Crippen LogP contribution in [0, 0.1) is 5.92 Å². The Balaban J connectivity index is 1.43. The summed E-state index contributed by atoms with van der Waals surface area (Å²) in [4.78, 5) is 21.6. The van der Waals surface area contributed by atoms with E-state index in [-0.39, 0.29) is 6.04 Å². The molecule has 1 saturated carbocycles. The van der Waals surface area contributed by atoms with E-state index in [9.17, 15) is 4.79 Å². The van der Waals surface area contributed by atoms with Gasteiger partial charge >= 0.3 is 0 Å². The van der Waals surface area contributed by atoms with E-state index in [1.807, 2.05) is 17.0 Å². The number of piperidine rings is 1. The average molecular weight is 512 g/mol. The largest absolute Gasteiger partial charge is 0.379 e. The van der Waals surface area contributed by atoms with E-state index in [0.29, 0.717) is 16.1 Å². The van der Waals surface area contributed by atoms with Crippen LogP contribution in [0.3, 0.4) is 0 Å². The summed E-state index contributed by atoms with van der Waals surface area (Å²) in [5.74, 6) is 0.868. The molecule has 190 valence electrons. The molecule has 0 atom stereocenters. The minimum Gasteiger partial charge on any atom is -0.379 e. The third-order valence-corrected chi connectivity index (χ3v) is 8.79. The molecule has 34 heavy (non-hydrogen) atoms. The first-order chi connectivity index (χ1) is 16.5. The standard InChI is InChI=1S/C26H40Cl2N4O2/c1-20-3-5-21(6-4-20)31-9-7-22(8-10-31)32(19-33)26-18-24(28)23(27)17-25(26)29(2)11-12-30-13-15-34-16-14-30/h17-22H,3-16H2,1-2H3. The molecule has 1 amide bonds. The Morgan fingerprint density at radius 3 is 2.21 bits per heavy atom. The number of halogens is 2. The monoisotopic (exact) mass is 510 g/mol. The zero-order valence-corrected chi connectivity index (χ0v) is 22.2. The Kier molecular flexibility index (Phi) is 9.39. The third kappa shape index (κ3) is 6.38. The van der Waals surface area contributed by atoms with Crippen molar-refractivity contribution in [1.82, 2.24) is 9.80 Å². The molecular weight excluding hydrogens is 471 g/mol. The second-order valence-electron chi connectivity index (χ2n) is 10.3. The molecule has 2 aliphatic heterocycles. The van der Waals surface area contributed by atoms with Crippen LogP contribution in [0.2, 0.25) is 10.0 Å². The number of benzene rings is 1. The van der Waals surface area contributed by atoms with E-state index in [1.165, 1.54) is 25.7 Å². The van der Waals surface area contributed by atoms with Crippen LogP contribution < -0.4 is 9.80 Å². The molecule has 3 fully saturated rings. The zero-order chi connectivity index (χ0) is 24.1. The van der Waals surface area contributed by atoms with E-state index < -0.39 is 0 Å². The van der Waals surface area contributed by atoms with Crippen LogP contribution in [0.5, 0.6) is 0 Å². The van der Waals surface area contributed by atoms with Crippen LogP contribution >= 0.6 is 23.2 Å². The Morgan fingerprint density at radius 1 is 0.971 bits per heavy atom. The van der Waals surface area contributed by atoms with Crippen molar-refractivity contribution in [2.45, 2.75) is 57.5 Å². The number of ether oxygens (including phenoxy) is 1. The van der Waals surface area contributed by atoms with E-state index in [4.69, 9.17) is 27.9 Å². The highest BCUT2D eigenvalue weighted by Crippen LogP contribution is 2.39. The van der Waals surface area contributed by atoms with Crippen LogP contribution in [0.1, 0.15) is 45.4 Å². The van der Waals surface area contributed by atoms with Crippen molar-refractivity contribution in [3.05, 3.63) is 22.2 Å². The highest BCUT2D eigenvalue weighted by atomic mass is 35.5. The molecule has 2 heterocycles. The third-order valence-electron chi connectivity index (χ3n) is 8.07. The maximum absolute atomic E-state index is 12.4. The van der Waals surface area contributed by atoms with Crippen molar-refractivity contribution in [2.75, 3.05) is 69.3 Å². The molecule has 0 bridgehead atoms. The predicted octanol–water partition coefficient (Wildman–Crippen LogP) is 4.77. The summed E-state index contributed by atoms with van der Waals surface area (Å²) >= 11 is 12.9. The molecule has 1 aromatic rings. The Bertz CT molecular complexity index is 804. The number of morpholine rings is 1. The predicted molar refractivity (Wildman–Crippen MR) is 142 cm³/mol. The number of carbonyl (C=O) groups excluding carboxylic acids is 1. The minimum atomic E-state index is 0.180. The number of hydrogen-bond donors (Lipinski definition) is 0. The summed E-state index contributed by atoms with van der Waals surface area (Å²) < 4.78 is 5.47. The van der Waals surface area contributed by atoms with E-state index in [0.717, 1.165) is 89.0 Å². The fourth-order valence-corrected chi connectivity index (χ4v) is 6.07. The summed E-state index contributed by atoms with van der Waals surface area (Å²) in [5.41, 5.74) is 1.82. The summed E-state index contributed by atoms with van der Waals surface area (Å²) in [6.45, 7) is 9.77. The fraction of sp³-hybridized carbons (Fsp3) is 0.731. The highest BCUT2D eigenvalue weighted by molar-refractivity contribution is 6.42. The van der Waals surface area contributed by atoms with E-state index >= 15 is 0 Å². The number of amides is 1. The number of nitrogens with zero attached hydrogens (tertiary/aromatic N) is 4. The van der Waals surface area contributed by atoms with Gasteiger partial charge in [-0.25, -0.2) is 0 Å². The maximum atomic E-state index is 12.4. The second kappa shape index (κ2) is 12.3. The summed E-state index contributed by atoms with van der Waals surface area (Å²) in [6, 6.07) is 4.68. The fourth-order valence-electron chi connectivity index (χ4n) is 5.75. The second-order valence-corrected chi connectivity index (χ2v) is 11.1. The number of rotatable bonds is 8. The van der Waals surface area contributed by atoms with Crippen molar-refractivity contribution in [3.63, 3.8) is 0 Å². The van der Waals surface area contributed by atoms with Gasteiger partial charge in [-0.1, -0.05) is 30.1 Å². The normalized spacial score (nSPS) is 25.3. The molecule has 0 spiro atoms. The summed E-state index contributed by atoms with van der Waals surface area (Å²) in [5, 5.41) is 1.01. The molecule has 4 rings (SSSR count). The van der Waals surface area contributed by atoms with Gasteiger partial charge in [0.2, 0.25) is 6.41 Å². The summed E-state index contributed by atoms with van der Waals surface area (Å²) in [6.07, 6.45) is 8.27. The first-order valence-electron chi connectivity index (χ1n) is 12.9. The lowest BCUT2D eigenvalue weighted by Gasteiger charge is -2.43. The first-order valence-corrected chi connectivity index (χ1v) is 13.7. The van der Waals surface area contributed by atoms with E-state index in [1.54, 1.807) is 0 Å². The number of likely N-dealkylation sites (N-methyl/N-ethyl adjacent to an activating group) is 1. The van der Waals surface area contributed by atoms with Gasteiger partial charge in [0.05, 0.1) is 34.6 Å². The van der Waals surface area contributed by atoms with Gasteiger partial charge in [-0.2, -0.15) is 0 Å². The van der Waals surface area contributed by atoms with Crippen molar-refractivity contribution >= 4 is 41.0 Å². The molecular formula is C26H40Cl2N4O2. The molecule has 1 aromatic carbocycles. The lowest BCUT2D eigenvalue weighted by molar-refractivity contribution is -0.108. The smallest absolute Gasteiger partial charge is 0.214 e. The van der Waals surface area contributed by atoms with Gasteiger partial charge in [0.25, 0.3) is 0 Å². The van der Waals surface area contributed by atoms with Crippen molar-refractivity contribution in [2.24, 2.45) is 5.92 Å². The lowest BCUT2D eigenvalue weighted by Crippen LogP contribution is -2.49. The number of carbonyl (C=O) groups is 1. The highest BCUT2D eigenvalue weighted by Gasteiger charge is 2.31. The van der Waals surface area contributed by atoms with Gasteiger partial charge in [0.15, 0.2) is 0 Å². The SMILES string of the molecule is CC1CCC(N2CCC(N(C=O)c3cc(Cl)c(Cl)cc3N(C)CCN3CCOCC3)CC2)CC1. The van der Waals surface area contributed by atoms with Gasteiger partial charge < -0.3 is 19.4 Å². The lowest BCUT2D eigenvalue weighted by atomic mass is 9.85. The van der Waals surface area contributed by atoms with Crippen LogP contribution in [0.4, 0.5) is 11.4 Å². The molecule has 0 unspecified atom stereocenters. The Morgan fingerprint density at radius 2 is 1.59 bits per heavy atom. The van der Waals surface area contributed by atoms with Crippen LogP contribution in [-0.4, -0.2) is 87.8 Å². The summed E-state index contributed by atoms with van der Waals surface area (Å²) in [7, 11) is 2.07. The van der Waals surface area contributed by atoms with Crippen molar-refractivity contribution in [3.8, 4) is 0 Å². The topological polar surface area (TPSA) is 39.3 Å². The molecule has 3 aliphatic rings. The van der Waals surface area contributed by atoms with Crippen molar-refractivity contribution in [1.29, 1.82) is 0 Å². The minimum absolute atomic E-state index is 0.180. The van der Waals surface area contributed by atoms with E-state index in [2.05, 4.69) is 28.7 Å². The van der Waals surface area contributed by atoms with Crippen molar-refractivity contribution < 1.29 is 9.53 Å². The van der Waals surface area contributed by atoms with Gasteiger partial charge in [0.1, 0.15) is 0 Å². The molecule has 0 aromatic heterocycles. The van der Waals surface area contributed by atoms with Gasteiger partial charge in [-0.15, -0.1) is 0 Å². The maximum Gasteiger partial charge on any atom is 0.214 e. The zero-order valence-electron chi connectivity index (χ0n) is 20.7. The first kappa shape index (κ1) is 26.0. The van der Waals surface area contributed by atoms with Gasteiger partial charge in [0, 0.05) is 58.4 Å². The average Bonchev–Trinajstić information content (AvgIpc) is 2.86. The molecule has 2 saturated heterocycles. The molecule has 0 radical (unpaired) electrons. The molecule has 6 nitrogen and oxygen atoms in total. The quantitative estimate of drug-likeness (QED) is 0.471. The van der Waals surface area contributed by atoms with Gasteiger partial charge in [-0.05, 0) is 56.6 Å². The van der Waals surface area contributed by atoms with Crippen LogP contribution in [0.15, 0.2) is 12.1 Å². The molecule has 1 aliphatic carbocycles.